The summed E-state index contributed by atoms with van der Waals surface area (Å²) < 4.78 is 19.7. The molecule has 4 rings (SSSR count). The van der Waals surface area contributed by atoms with Gasteiger partial charge in [-0.2, -0.15) is 0 Å². The first-order valence-corrected chi connectivity index (χ1v) is 8.88. The van der Waals surface area contributed by atoms with E-state index in [0.29, 0.717) is 33.7 Å². The van der Waals surface area contributed by atoms with Gasteiger partial charge in [-0.3, -0.25) is 4.98 Å². The SMILES string of the molecule is N/C(=N/OCc1ccc(F)c2cccnc12)c1cccnc1Oc1ccccc1. The second-order valence-corrected chi connectivity index (χ2v) is 6.13. The average Bonchev–Trinajstić information content (AvgIpc) is 2.76. The number of pyridine rings is 2. The van der Waals surface area contributed by atoms with Gasteiger partial charge in [-0.05, 0) is 42.5 Å². The Morgan fingerprint density at radius 3 is 2.59 bits per heavy atom. The van der Waals surface area contributed by atoms with E-state index in [9.17, 15) is 4.39 Å². The van der Waals surface area contributed by atoms with Crippen molar-refractivity contribution in [2.75, 3.05) is 0 Å². The standard InChI is InChI=1S/C22H17FN4O2/c23-19-11-10-15(20-17(19)8-4-12-25-20)14-28-27-21(24)18-9-5-13-26-22(18)29-16-6-2-1-3-7-16/h1-13H,14H2,(H2,24,27). The van der Waals surface area contributed by atoms with Crippen LogP contribution in [0, 0.1) is 5.82 Å². The minimum absolute atomic E-state index is 0.0869. The first-order valence-electron chi connectivity index (χ1n) is 8.88. The number of oxime groups is 1. The molecule has 0 amide bonds. The fourth-order valence-corrected chi connectivity index (χ4v) is 2.80. The van der Waals surface area contributed by atoms with Gasteiger partial charge in [-0.15, -0.1) is 0 Å². The summed E-state index contributed by atoms with van der Waals surface area (Å²) in [5, 5.41) is 4.40. The molecule has 0 saturated heterocycles. The molecule has 0 saturated carbocycles. The summed E-state index contributed by atoms with van der Waals surface area (Å²) in [5.74, 6) is 0.726. The molecule has 0 fully saturated rings. The lowest BCUT2D eigenvalue weighted by atomic mass is 10.1. The lowest BCUT2D eigenvalue weighted by molar-refractivity contribution is 0.131. The molecular weight excluding hydrogens is 371 g/mol. The number of para-hydroxylation sites is 1. The topological polar surface area (TPSA) is 82.6 Å². The Morgan fingerprint density at radius 2 is 1.72 bits per heavy atom. The van der Waals surface area contributed by atoms with Crippen molar-refractivity contribution in [3.63, 3.8) is 0 Å². The number of hydrogen-bond acceptors (Lipinski definition) is 5. The van der Waals surface area contributed by atoms with Crippen molar-refractivity contribution in [3.8, 4) is 11.6 Å². The number of nitrogens with two attached hydrogens (primary N) is 1. The van der Waals surface area contributed by atoms with E-state index in [1.165, 1.54) is 6.07 Å². The van der Waals surface area contributed by atoms with Crippen LogP contribution in [0.3, 0.4) is 0 Å². The van der Waals surface area contributed by atoms with E-state index in [0.717, 1.165) is 0 Å². The van der Waals surface area contributed by atoms with Gasteiger partial charge in [0.05, 0.1) is 11.1 Å². The Balaban J connectivity index is 1.53. The average molecular weight is 388 g/mol. The van der Waals surface area contributed by atoms with Gasteiger partial charge in [0, 0.05) is 23.3 Å². The molecule has 7 heteroatoms. The van der Waals surface area contributed by atoms with Crippen LogP contribution in [0.4, 0.5) is 4.39 Å². The van der Waals surface area contributed by atoms with Crippen LogP contribution in [0.25, 0.3) is 10.9 Å². The molecule has 4 aromatic rings. The predicted octanol–water partition coefficient (Wildman–Crippen LogP) is 4.40. The number of fused-ring (bicyclic) bond motifs is 1. The fourth-order valence-electron chi connectivity index (χ4n) is 2.80. The zero-order valence-electron chi connectivity index (χ0n) is 15.3. The van der Waals surface area contributed by atoms with Crippen LogP contribution in [-0.2, 0) is 11.4 Å². The van der Waals surface area contributed by atoms with E-state index in [4.69, 9.17) is 15.3 Å². The zero-order valence-corrected chi connectivity index (χ0v) is 15.3. The normalized spacial score (nSPS) is 11.4. The molecule has 0 aliphatic heterocycles. The molecule has 29 heavy (non-hydrogen) atoms. The Kier molecular flexibility index (Phi) is 5.29. The Morgan fingerprint density at radius 1 is 0.931 bits per heavy atom. The minimum Gasteiger partial charge on any atom is -0.438 e. The number of aromatic nitrogens is 2. The smallest absolute Gasteiger partial charge is 0.230 e. The van der Waals surface area contributed by atoms with E-state index >= 15 is 0 Å². The van der Waals surface area contributed by atoms with Crippen LogP contribution in [0.2, 0.25) is 0 Å². The highest BCUT2D eigenvalue weighted by atomic mass is 19.1. The van der Waals surface area contributed by atoms with Crippen molar-refractivity contribution in [2.45, 2.75) is 6.61 Å². The number of halogens is 1. The third kappa shape index (κ3) is 4.14. The summed E-state index contributed by atoms with van der Waals surface area (Å²) >= 11 is 0. The van der Waals surface area contributed by atoms with Crippen molar-refractivity contribution in [1.29, 1.82) is 0 Å². The molecule has 0 aliphatic carbocycles. The summed E-state index contributed by atoms with van der Waals surface area (Å²) in [6.07, 6.45) is 3.21. The van der Waals surface area contributed by atoms with E-state index in [1.807, 2.05) is 30.3 Å². The number of hydrogen-bond donors (Lipinski definition) is 1. The van der Waals surface area contributed by atoms with Crippen molar-refractivity contribution in [2.24, 2.45) is 10.9 Å². The highest BCUT2D eigenvalue weighted by Gasteiger charge is 2.11. The van der Waals surface area contributed by atoms with Crippen molar-refractivity contribution >= 4 is 16.7 Å². The Labute approximate surface area is 166 Å². The first kappa shape index (κ1) is 18.4. The maximum atomic E-state index is 13.9. The molecule has 0 aliphatic rings. The Bertz CT molecular complexity index is 1170. The molecular formula is C22H17FN4O2. The van der Waals surface area contributed by atoms with Crippen molar-refractivity contribution in [1.82, 2.24) is 9.97 Å². The van der Waals surface area contributed by atoms with E-state index in [-0.39, 0.29) is 18.3 Å². The van der Waals surface area contributed by atoms with Crippen LogP contribution >= 0.6 is 0 Å². The third-order valence-electron chi connectivity index (χ3n) is 4.19. The van der Waals surface area contributed by atoms with Crippen LogP contribution in [0.15, 0.2) is 84.3 Å². The highest BCUT2D eigenvalue weighted by molar-refractivity contribution is 5.99. The van der Waals surface area contributed by atoms with Crippen LogP contribution in [-0.4, -0.2) is 15.8 Å². The number of amidine groups is 1. The molecule has 2 aromatic heterocycles. The lowest BCUT2D eigenvalue weighted by Gasteiger charge is -2.09. The maximum absolute atomic E-state index is 13.9. The van der Waals surface area contributed by atoms with E-state index in [2.05, 4.69) is 15.1 Å². The van der Waals surface area contributed by atoms with Crippen LogP contribution < -0.4 is 10.5 Å². The van der Waals surface area contributed by atoms with Crippen molar-refractivity contribution < 1.29 is 14.0 Å². The van der Waals surface area contributed by atoms with Crippen LogP contribution in [0.5, 0.6) is 11.6 Å². The maximum Gasteiger partial charge on any atom is 0.230 e. The monoisotopic (exact) mass is 388 g/mol. The minimum atomic E-state index is -0.335. The molecule has 0 unspecified atom stereocenters. The molecule has 144 valence electrons. The van der Waals surface area contributed by atoms with Gasteiger partial charge in [0.2, 0.25) is 5.88 Å². The van der Waals surface area contributed by atoms with Gasteiger partial charge in [-0.1, -0.05) is 29.4 Å². The van der Waals surface area contributed by atoms with Crippen LogP contribution in [0.1, 0.15) is 11.1 Å². The predicted molar refractivity (Wildman–Crippen MR) is 108 cm³/mol. The van der Waals surface area contributed by atoms with Crippen molar-refractivity contribution in [3.05, 3.63) is 96.1 Å². The third-order valence-corrected chi connectivity index (χ3v) is 4.19. The highest BCUT2D eigenvalue weighted by Crippen LogP contribution is 2.23. The molecule has 0 bridgehead atoms. The van der Waals surface area contributed by atoms with E-state index < -0.39 is 0 Å². The summed E-state index contributed by atoms with van der Waals surface area (Å²) in [5.41, 5.74) is 7.80. The van der Waals surface area contributed by atoms with Gasteiger partial charge < -0.3 is 15.3 Å². The fraction of sp³-hybridized carbons (Fsp3) is 0.0455. The Hall–Kier alpha value is -4.00. The summed E-state index contributed by atoms with van der Waals surface area (Å²) in [4.78, 5) is 13.9. The van der Waals surface area contributed by atoms with E-state index in [1.54, 1.807) is 42.7 Å². The van der Waals surface area contributed by atoms with Gasteiger partial charge >= 0.3 is 0 Å². The molecule has 2 aromatic carbocycles. The van der Waals surface area contributed by atoms with Gasteiger partial charge in [0.15, 0.2) is 5.84 Å². The molecule has 0 radical (unpaired) electrons. The number of nitrogens with zero attached hydrogens (tertiary/aromatic N) is 3. The largest absolute Gasteiger partial charge is 0.438 e. The molecule has 2 N–H and O–H groups in total. The van der Waals surface area contributed by atoms with Gasteiger partial charge in [0.1, 0.15) is 18.2 Å². The van der Waals surface area contributed by atoms with Gasteiger partial charge in [0.25, 0.3) is 0 Å². The summed E-state index contributed by atoms with van der Waals surface area (Å²) in [7, 11) is 0. The molecule has 2 heterocycles. The number of rotatable bonds is 6. The molecule has 6 nitrogen and oxygen atoms in total. The zero-order chi connectivity index (χ0) is 20.1. The summed E-state index contributed by atoms with van der Waals surface area (Å²) in [6, 6.07) is 19.1. The summed E-state index contributed by atoms with van der Waals surface area (Å²) in [6.45, 7) is 0.0869. The number of ether oxygens (including phenoxy) is 1. The lowest BCUT2D eigenvalue weighted by Crippen LogP contribution is -2.15. The second-order valence-electron chi connectivity index (χ2n) is 6.13. The first-order chi connectivity index (χ1) is 14.2. The van der Waals surface area contributed by atoms with Gasteiger partial charge in [-0.25, -0.2) is 9.37 Å². The molecule has 0 spiro atoms. The quantitative estimate of drug-likeness (QED) is 0.301. The number of benzene rings is 2. The second kappa shape index (κ2) is 8.35. The molecule has 0 atom stereocenters.